The summed E-state index contributed by atoms with van der Waals surface area (Å²) >= 11 is 5.96. The third-order valence-electron chi connectivity index (χ3n) is 5.20. The van der Waals surface area contributed by atoms with Gasteiger partial charge in [-0.25, -0.2) is 18.4 Å². The van der Waals surface area contributed by atoms with Crippen LogP contribution in [0.25, 0.3) is 0 Å². The van der Waals surface area contributed by atoms with Crippen LogP contribution in [0, 0.1) is 0 Å². The van der Waals surface area contributed by atoms with Gasteiger partial charge in [-0.3, -0.25) is 9.52 Å². The van der Waals surface area contributed by atoms with Gasteiger partial charge in [0.1, 0.15) is 10.6 Å². The van der Waals surface area contributed by atoms with Crippen molar-refractivity contribution in [3.05, 3.63) is 71.5 Å². The molecule has 4 rings (SSSR count). The lowest BCUT2D eigenvalue weighted by Crippen LogP contribution is -2.49. The molecule has 33 heavy (non-hydrogen) atoms. The Morgan fingerprint density at radius 3 is 2.33 bits per heavy atom. The summed E-state index contributed by atoms with van der Waals surface area (Å²) in [6.45, 7) is 2.35. The van der Waals surface area contributed by atoms with Gasteiger partial charge < -0.3 is 14.5 Å². The van der Waals surface area contributed by atoms with Crippen LogP contribution in [0.4, 0.5) is 11.6 Å². The van der Waals surface area contributed by atoms with E-state index in [0.717, 1.165) is 0 Å². The van der Waals surface area contributed by atoms with E-state index in [1.807, 2.05) is 4.90 Å². The minimum Gasteiger partial charge on any atom is -0.495 e. The van der Waals surface area contributed by atoms with Gasteiger partial charge in [0.15, 0.2) is 0 Å². The highest BCUT2D eigenvalue weighted by Crippen LogP contribution is 2.29. The minimum absolute atomic E-state index is 0.0714. The topological polar surface area (TPSA) is 105 Å². The Balaban J connectivity index is 1.41. The summed E-state index contributed by atoms with van der Waals surface area (Å²) in [5.74, 6) is 0.714. The zero-order chi connectivity index (χ0) is 23.4. The molecular formula is C22H22ClN5O4S. The molecule has 11 heteroatoms. The van der Waals surface area contributed by atoms with Crippen molar-refractivity contribution in [2.24, 2.45) is 0 Å². The number of hydrogen-bond donors (Lipinski definition) is 1. The van der Waals surface area contributed by atoms with Crippen molar-refractivity contribution in [2.45, 2.75) is 4.90 Å². The van der Waals surface area contributed by atoms with E-state index in [1.165, 1.54) is 19.2 Å². The molecular weight excluding hydrogens is 466 g/mol. The SMILES string of the molecule is COc1ccc(Cl)cc1S(=O)(=O)Nc1ccc(C(=O)N2CCN(c3ncccn3)CC2)cc1. The van der Waals surface area contributed by atoms with Crippen LogP contribution >= 0.6 is 11.6 Å². The van der Waals surface area contributed by atoms with Gasteiger partial charge >= 0.3 is 0 Å². The minimum atomic E-state index is -3.94. The van der Waals surface area contributed by atoms with E-state index >= 15 is 0 Å². The number of aromatic nitrogens is 2. The van der Waals surface area contributed by atoms with Crippen LogP contribution in [0.15, 0.2) is 65.8 Å². The van der Waals surface area contributed by atoms with E-state index in [1.54, 1.807) is 53.7 Å². The fourth-order valence-electron chi connectivity index (χ4n) is 3.50. The summed E-state index contributed by atoms with van der Waals surface area (Å²) < 4.78 is 33.2. The smallest absolute Gasteiger partial charge is 0.265 e. The third kappa shape index (κ3) is 5.18. The van der Waals surface area contributed by atoms with Crippen molar-refractivity contribution < 1.29 is 17.9 Å². The van der Waals surface area contributed by atoms with Crippen molar-refractivity contribution in [1.29, 1.82) is 0 Å². The molecule has 0 unspecified atom stereocenters. The quantitative estimate of drug-likeness (QED) is 0.570. The fourth-order valence-corrected chi connectivity index (χ4v) is 4.99. The van der Waals surface area contributed by atoms with E-state index < -0.39 is 10.0 Å². The Morgan fingerprint density at radius 2 is 1.70 bits per heavy atom. The van der Waals surface area contributed by atoms with Crippen molar-refractivity contribution in [1.82, 2.24) is 14.9 Å². The lowest BCUT2D eigenvalue weighted by Gasteiger charge is -2.34. The molecule has 0 atom stereocenters. The molecule has 1 aliphatic heterocycles. The number of piperazine rings is 1. The van der Waals surface area contributed by atoms with Gasteiger partial charge in [-0.2, -0.15) is 0 Å². The number of nitrogens with zero attached hydrogens (tertiary/aromatic N) is 4. The highest BCUT2D eigenvalue weighted by molar-refractivity contribution is 7.92. The molecule has 1 aliphatic rings. The molecule has 0 saturated carbocycles. The lowest BCUT2D eigenvalue weighted by atomic mass is 10.1. The summed E-state index contributed by atoms with van der Waals surface area (Å²) in [6, 6.07) is 12.4. The number of halogens is 1. The first kappa shape index (κ1) is 22.8. The first-order chi connectivity index (χ1) is 15.9. The Labute approximate surface area is 197 Å². The van der Waals surface area contributed by atoms with Crippen molar-refractivity contribution >= 4 is 39.2 Å². The number of nitrogens with one attached hydrogen (secondary N) is 1. The predicted molar refractivity (Wildman–Crippen MR) is 125 cm³/mol. The molecule has 3 aromatic rings. The first-order valence-electron chi connectivity index (χ1n) is 10.1. The highest BCUT2D eigenvalue weighted by Gasteiger charge is 2.24. The number of amides is 1. The maximum absolute atomic E-state index is 12.9. The molecule has 9 nitrogen and oxygen atoms in total. The molecule has 1 aromatic heterocycles. The number of benzene rings is 2. The summed E-state index contributed by atoms with van der Waals surface area (Å²) in [7, 11) is -2.55. The van der Waals surface area contributed by atoms with Crippen LogP contribution in [0.2, 0.25) is 5.02 Å². The van der Waals surface area contributed by atoms with Crippen molar-refractivity contribution in [3.8, 4) is 5.75 Å². The third-order valence-corrected chi connectivity index (χ3v) is 6.84. The molecule has 172 valence electrons. The second-order valence-corrected chi connectivity index (χ2v) is 9.39. The van der Waals surface area contributed by atoms with E-state index in [4.69, 9.17) is 16.3 Å². The summed E-state index contributed by atoms with van der Waals surface area (Å²) in [5, 5.41) is 0.274. The van der Waals surface area contributed by atoms with Gasteiger partial charge in [-0.1, -0.05) is 11.6 Å². The van der Waals surface area contributed by atoms with Gasteiger partial charge in [0.2, 0.25) is 5.95 Å². The number of carbonyl (C=O) groups is 1. The Kier molecular flexibility index (Phi) is 6.66. The Bertz CT molecular complexity index is 1230. The molecule has 2 heterocycles. The van der Waals surface area contributed by atoms with Crippen LogP contribution < -0.4 is 14.4 Å². The summed E-state index contributed by atoms with van der Waals surface area (Å²) in [4.78, 5) is 25.1. The molecule has 0 aliphatic carbocycles. The maximum atomic E-state index is 12.9. The maximum Gasteiger partial charge on any atom is 0.265 e. The number of anilines is 2. The number of methoxy groups -OCH3 is 1. The monoisotopic (exact) mass is 487 g/mol. The molecule has 1 saturated heterocycles. The normalized spacial score (nSPS) is 14.1. The van der Waals surface area contributed by atoms with Crippen LogP contribution in [-0.4, -0.2) is 62.5 Å². The van der Waals surface area contributed by atoms with Crippen molar-refractivity contribution in [2.75, 3.05) is 42.9 Å². The van der Waals surface area contributed by atoms with Gasteiger partial charge in [-0.05, 0) is 48.5 Å². The van der Waals surface area contributed by atoms with E-state index in [-0.39, 0.29) is 21.6 Å². The van der Waals surface area contributed by atoms with Crippen LogP contribution in [0.3, 0.4) is 0 Å². The van der Waals surface area contributed by atoms with Gasteiger partial charge in [0, 0.05) is 54.8 Å². The largest absolute Gasteiger partial charge is 0.495 e. The number of sulfonamides is 1. The first-order valence-corrected chi connectivity index (χ1v) is 12.0. The number of rotatable bonds is 6. The van der Waals surface area contributed by atoms with Gasteiger partial charge in [-0.15, -0.1) is 0 Å². The Morgan fingerprint density at radius 1 is 1.03 bits per heavy atom. The molecule has 0 bridgehead atoms. The van der Waals surface area contributed by atoms with Crippen LogP contribution in [0.1, 0.15) is 10.4 Å². The van der Waals surface area contributed by atoms with Crippen LogP contribution in [0.5, 0.6) is 5.75 Å². The molecule has 0 spiro atoms. The number of ether oxygens (including phenoxy) is 1. The molecule has 0 radical (unpaired) electrons. The molecule has 1 fully saturated rings. The molecule has 1 N–H and O–H groups in total. The van der Waals surface area contributed by atoms with E-state index in [0.29, 0.717) is 43.4 Å². The lowest BCUT2D eigenvalue weighted by molar-refractivity contribution is 0.0746. The van der Waals surface area contributed by atoms with E-state index in [2.05, 4.69) is 14.7 Å². The highest BCUT2D eigenvalue weighted by atomic mass is 35.5. The molecule has 1 amide bonds. The van der Waals surface area contributed by atoms with E-state index in [9.17, 15) is 13.2 Å². The second kappa shape index (κ2) is 9.63. The second-order valence-electron chi connectivity index (χ2n) is 7.31. The summed E-state index contributed by atoms with van der Waals surface area (Å²) in [6.07, 6.45) is 3.39. The van der Waals surface area contributed by atoms with Gasteiger partial charge in [0.25, 0.3) is 15.9 Å². The van der Waals surface area contributed by atoms with Gasteiger partial charge in [0.05, 0.1) is 7.11 Å². The standard InChI is InChI=1S/C22H22ClN5O4S/c1-32-19-8-5-17(23)15-20(19)33(30,31)26-18-6-3-16(4-7-18)21(29)27-11-13-28(14-12-27)22-24-9-2-10-25-22/h2-10,15,26H,11-14H2,1H3. The average Bonchev–Trinajstić information content (AvgIpc) is 2.84. The zero-order valence-electron chi connectivity index (χ0n) is 17.8. The summed E-state index contributed by atoms with van der Waals surface area (Å²) in [5.41, 5.74) is 0.794. The average molecular weight is 488 g/mol. The van der Waals surface area contributed by atoms with Crippen LogP contribution in [-0.2, 0) is 10.0 Å². The number of carbonyl (C=O) groups excluding carboxylic acids is 1. The Hall–Kier alpha value is -3.37. The fraction of sp³-hybridized carbons (Fsp3) is 0.227. The predicted octanol–water partition coefficient (Wildman–Crippen LogP) is 2.90. The zero-order valence-corrected chi connectivity index (χ0v) is 19.4. The number of hydrogen-bond acceptors (Lipinski definition) is 7. The van der Waals surface area contributed by atoms with Crippen molar-refractivity contribution in [3.63, 3.8) is 0 Å². The molecule has 2 aromatic carbocycles.